The summed E-state index contributed by atoms with van der Waals surface area (Å²) >= 11 is 0. The Balaban J connectivity index is 0.000000596. The van der Waals surface area contributed by atoms with E-state index in [-0.39, 0.29) is 12.1 Å². The molecule has 5 nitrogen and oxygen atoms in total. The van der Waals surface area contributed by atoms with Crippen LogP contribution in [-0.4, -0.2) is 56.0 Å². The van der Waals surface area contributed by atoms with Gasteiger partial charge in [-0.2, -0.15) is 0 Å². The lowest BCUT2D eigenvalue weighted by Crippen LogP contribution is -2.40. The number of benzene rings is 1. The number of methoxy groups -OCH3 is 1. The van der Waals surface area contributed by atoms with Gasteiger partial charge in [0.2, 0.25) is 0 Å². The highest BCUT2D eigenvalue weighted by molar-refractivity contribution is 5.68. The van der Waals surface area contributed by atoms with Crippen LogP contribution in [0.5, 0.6) is 0 Å². The number of carbonyl (C=O) groups excluding carboxylic acids is 1. The standard InChI is InChI=1S/C12H24N2O3.C6H6.C2H6/c1-12(2,3)17-11(15)13-10-5-6-14(9-10)7-8-16-4;1-2-4-6-5-3-1;1-2/h10H,5-9H2,1-4H3,(H,13,15);1-6H;1-2H3. The third-order valence-electron chi connectivity index (χ3n) is 3.27. The van der Waals surface area contributed by atoms with E-state index in [1.54, 1.807) is 7.11 Å². The Morgan fingerprint density at radius 3 is 2.08 bits per heavy atom. The van der Waals surface area contributed by atoms with Crippen molar-refractivity contribution >= 4 is 6.09 Å². The molecule has 25 heavy (non-hydrogen) atoms. The zero-order chi connectivity index (χ0) is 19.1. The molecule has 0 saturated carbocycles. The number of ether oxygens (including phenoxy) is 2. The Hall–Kier alpha value is -1.59. The molecule has 1 heterocycles. The molecule has 0 aromatic heterocycles. The maximum atomic E-state index is 11.6. The lowest BCUT2D eigenvalue weighted by Gasteiger charge is -2.22. The zero-order valence-electron chi connectivity index (χ0n) is 16.7. The van der Waals surface area contributed by atoms with E-state index in [1.807, 2.05) is 71.0 Å². The highest BCUT2D eigenvalue weighted by Gasteiger charge is 2.25. The van der Waals surface area contributed by atoms with Gasteiger partial charge in [-0.05, 0) is 27.2 Å². The maximum Gasteiger partial charge on any atom is 0.407 e. The largest absolute Gasteiger partial charge is 0.444 e. The van der Waals surface area contributed by atoms with E-state index >= 15 is 0 Å². The van der Waals surface area contributed by atoms with Gasteiger partial charge in [0.15, 0.2) is 0 Å². The average Bonchev–Trinajstić information content (AvgIpc) is 3.02. The minimum Gasteiger partial charge on any atom is -0.444 e. The quantitative estimate of drug-likeness (QED) is 0.891. The van der Waals surface area contributed by atoms with Crippen molar-refractivity contribution in [1.82, 2.24) is 10.2 Å². The average molecular weight is 353 g/mol. The fourth-order valence-corrected chi connectivity index (χ4v) is 2.23. The van der Waals surface area contributed by atoms with Crippen LogP contribution in [-0.2, 0) is 9.47 Å². The molecule has 0 bridgehead atoms. The predicted octanol–water partition coefficient (Wildman–Crippen LogP) is 3.94. The normalized spacial score (nSPS) is 16.8. The lowest BCUT2D eigenvalue weighted by atomic mass is 10.2. The molecule has 1 aromatic carbocycles. The molecule has 1 aliphatic rings. The number of likely N-dealkylation sites (tertiary alicyclic amines) is 1. The topological polar surface area (TPSA) is 50.8 Å². The molecule has 1 fully saturated rings. The smallest absolute Gasteiger partial charge is 0.407 e. The Morgan fingerprint density at radius 2 is 1.64 bits per heavy atom. The molecule has 0 spiro atoms. The minimum atomic E-state index is -0.432. The van der Waals surface area contributed by atoms with Crippen molar-refractivity contribution in [2.75, 3.05) is 33.4 Å². The number of nitrogens with one attached hydrogen (secondary N) is 1. The summed E-state index contributed by atoms with van der Waals surface area (Å²) in [5.74, 6) is 0. The molecular weight excluding hydrogens is 316 g/mol. The van der Waals surface area contributed by atoms with Gasteiger partial charge < -0.3 is 14.8 Å². The van der Waals surface area contributed by atoms with Gasteiger partial charge >= 0.3 is 6.09 Å². The van der Waals surface area contributed by atoms with Gasteiger partial charge in [0.1, 0.15) is 5.60 Å². The molecule has 1 aromatic rings. The summed E-state index contributed by atoms with van der Waals surface area (Å²) in [6.07, 6.45) is 0.652. The molecule has 5 heteroatoms. The van der Waals surface area contributed by atoms with Crippen LogP contribution < -0.4 is 5.32 Å². The van der Waals surface area contributed by atoms with E-state index in [4.69, 9.17) is 9.47 Å². The number of nitrogens with zero attached hydrogens (tertiary/aromatic N) is 1. The fourth-order valence-electron chi connectivity index (χ4n) is 2.23. The fraction of sp³-hybridized carbons (Fsp3) is 0.650. The van der Waals surface area contributed by atoms with E-state index in [1.165, 1.54) is 0 Å². The second-order valence-corrected chi connectivity index (χ2v) is 6.58. The number of hydrogen-bond acceptors (Lipinski definition) is 4. The van der Waals surface area contributed by atoms with E-state index < -0.39 is 5.60 Å². The van der Waals surface area contributed by atoms with Gasteiger partial charge in [0.05, 0.1) is 6.61 Å². The second kappa shape index (κ2) is 13.7. The van der Waals surface area contributed by atoms with Crippen molar-refractivity contribution in [2.24, 2.45) is 0 Å². The van der Waals surface area contributed by atoms with Gasteiger partial charge in [0, 0.05) is 32.8 Å². The maximum absolute atomic E-state index is 11.6. The van der Waals surface area contributed by atoms with Crippen LogP contribution >= 0.6 is 0 Å². The third-order valence-corrected chi connectivity index (χ3v) is 3.27. The Bertz CT molecular complexity index is 406. The molecule has 0 aliphatic carbocycles. The molecule has 2 rings (SSSR count). The first-order chi connectivity index (χ1) is 11.9. The second-order valence-electron chi connectivity index (χ2n) is 6.58. The molecule has 1 aliphatic heterocycles. The van der Waals surface area contributed by atoms with Crippen LogP contribution in [0, 0.1) is 0 Å². The molecular formula is C20H36N2O3. The molecule has 1 atom stereocenters. The number of alkyl carbamates (subject to hydrolysis) is 1. The van der Waals surface area contributed by atoms with E-state index in [0.717, 1.165) is 32.7 Å². The molecule has 1 N–H and O–H groups in total. The summed E-state index contributed by atoms with van der Waals surface area (Å²) in [7, 11) is 1.70. The zero-order valence-corrected chi connectivity index (χ0v) is 16.7. The summed E-state index contributed by atoms with van der Waals surface area (Å²) in [5, 5.41) is 2.90. The highest BCUT2D eigenvalue weighted by atomic mass is 16.6. The Labute approximate surface area is 153 Å². The van der Waals surface area contributed by atoms with Crippen LogP contribution in [0.2, 0.25) is 0 Å². The van der Waals surface area contributed by atoms with E-state index in [2.05, 4.69) is 10.2 Å². The number of amides is 1. The van der Waals surface area contributed by atoms with E-state index in [9.17, 15) is 4.79 Å². The summed E-state index contributed by atoms with van der Waals surface area (Å²) in [6, 6.07) is 12.2. The van der Waals surface area contributed by atoms with Crippen molar-refractivity contribution in [3.05, 3.63) is 36.4 Å². The van der Waals surface area contributed by atoms with Gasteiger partial charge in [0.25, 0.3) is 0 Å². The molecule has 0 radical (unpaired) electrons. The van der Waals surface area contributed by atoms with Gasteiger partial charge in [-0.1, -0.05) is 50.2 Å². The summed E-state index contributed by atoms with van der Waals surface area (Å²) in [6.45, 7) is 13.1. The summed E-state index contributed by atoms with van der Waals surface area (Å²) in [4.78, 5) is 13.8. The van der Waals surface area contributed by atoms with Crippen LogP contribution in [0.3, 0.4) is 0 Å². The number of hydrogen-bond donors (Lipinski definition) is 1. The van der Waals surface area contributed by atoms with Crippen molar-refractivity contribution in [3.8, 4) is 0 Å². The summed E-state index contributed by atoms with van der Waals surface area (Å²) in [5.41, 5.74) is -0.432. The van der Waals surface area contributed by atoms with Gasteiger partial charge in [-0.15, -0.1) is 0 Å². The Kier molecular flexibility index (Phi) is 12.8. The van der Waals surface area contributed by atoms with Gasteiger partial charge in [-0.25, -0.2) is 4.79 Å². The predicted molar refractivity (Wildman–Crippen MR) is 104 cm³/mol. The van der Waals surface area contributed by atoms with Crippen LogP contribution in [0.25, 0.3) is 0 Å². The van der Waals surface area contributed by atoms with Crippen LogP contribution in [0.4, 0.5) is 4.79 Å². The SMILES string of the molecule is CC.COCCN1CCC(NC(=O)OC(C)(C)C)C1.c1ccccc1. The highest BCUT2D eigenvalue weighted by Crippen LogP contribution is 2.11. The molecule has 1 saturated heterocycles. The first-order valence-electron chi connectivity index (χ1n) is 9.11. The van der Waals surface area contributed by atoms with E-state index in [0.29, 0.717) is 0 Å². The van der Waals surface area contributed by atoms with Crippen LogP contribution in [0.1, 0.15) is 41.0 Å². The lowest BCUT2D eigenvalue weighted by molar-refractivity contribution is 0.0505. The van der Waals surface area contributed by atoms with Crippen molar-refractivity contribution < 1.29 is 14.3 Å². The monoisotopic (exact) mass is 352 g/mol. The van der Waals surface area contributed by atoms with Crippen molar-refractivity contribution in [1.29, 1.82) is 0 Å². The molecule has 1 unspecified atom stereocenters. The molecule has 144 valence electrons. The first-order valence-corrected chi connectivity index (χ1v) is 9.11. The number of rotatable bonds is 4. The van der Waals surface area contributed by atoms with Crippen molar-refractivity contribution in [2.45, 2.75) is 52.7 Å². The third kappa shape index (κ3) is 13.4. The number of carbonyl (C=O) groups is 1. The summed E-state index contributed by atoms with van der Waals surface area (Å²) < 4.78 is 10.3. The molecule has 1 amide bonds. The van der Waals surface area contributed by atoms with Gasteiger partial charge in [-0.3, -0.25) is 4.90 Å². The first kappa shape index (κ1) is 23.4. The Morgan fingerprint density at radius 1 is 1.12 bits per heavy atom. The minimum absolute atomic E-state index is 0.196. The van der Waals surface area contributed by atoms with Crippen LogP contribution in [0.15, 0.2) is 36.4 Å². The van der Waals surface area contributed by atoms with Crippen molar-refractivity contribution in [3.63, 3.8) is 0 Å².